The van der Waals surface area contributed by atoms with E-state index in [4.69, 9.17) is 0 Å². The van der Waals surface area contributed by atoms with Gasteiger partial charge in [-0.3, -0.25) is 14.9 Å². The van der Waals surface area contributed by atoms with Gasteiger partial charge in [-0.25, -0.2) is 0 Å². The molecule has 1 amide bonds. The number of hydrogen-bond donors (Lipinski definition) is 1. The molecule has 0 bridgehead atoms. The molecule has 6 heteroatoms. The van der Waals surface area contributed by atoms with Gasteiger partial charge in [-0.15, -0.1) is 0 Å². The minimum absolute atomic E-state index is 0.0722. The summed E-state index contributed by atoms with van der Waals surface area (Å²) in [5, 5.41) is 13.4. The van der Waals surface area contributed by atoms with Gasteiger partial charge in [0.25, 0.3) is 5.69 Å². The molecule has 1 heterocycles. The van der Waals surface area contributed by atoms with Crippen LogP contribution in [0.1, 0.15) is 19.3 Å². The smallest absolute Gasteiger partial charge is 0.292 e. The summed E-state index contributed by atoms with van der Waals surface area (Å²) in [4.78, 5) is 24.3. The van der Waals surface area contributed by atoms with Gasteiger partial charge in [0, 0.05) is 19.0 Å². The molecule has 0 aromatic heterocycles. The summed E-state index contributed by atoms with van der Waals surface area (Å²) in [7, 11) is 0. The maximum Gasteiger partial charge on any atom is 0.292 e. The molecule has 1 saturated heterocycles. The normalized spacial score (nSPS) is 15.4. The summed E-state index contributed by atoms with van der Waals surface area (Å²) in [6, 6.07) is 6.18. The van der Waals surface area contributed by atoms with E-state index in [2.05, 4.69) is 10.2 Å². The minimum Gasteiger partial charge on any atom is -0.320 e. The number of nitro groups is 1. The number of likely N-dealkylation sites (tertiary alicyclic amines) is 1. The molecule has 1 aliphatic heterocycles. The molecule has 0 unspecified atom stereocenters. The van der Waals surface area contributed by atoms with Crippen LogP contribution in [0.25, 0.3) is 0 Å². The molecule has 6 nitrogen and oxygen atoms in total. The molecule has 19 heavy (non-hydrogen) atoms. The van der Waals surface area contributed by atoms with Crippen molar-refractivity contribution in [3.63, 3.8) is 0 Å². The summed E-state index contributed by atoms with van der Waals surface area (Å²) in [6.07, 6.45) is 2.74. The van der Waals surface area contributed by atoms with Crippen molar-refractivity contribution in [2.45, 2.75) is 19.3 Å². The topological polar surface area (TPSA) is 75.5 Å². The number of nitro benzene ring substituents is 1. The molecule has 0 aliphatic carbocycles. The first-order valence-electron chi connectivity index (χ1n) is 6.42. The predicted molar refractivity (Wildman–Crippen MR) is 72.0 cm³/mol. The summed E-state index contributed by atoms with van der Waals surface area (Å²) in [5.41, 5.74) is 0.191. The van der Waals surface area contributed by atoms with E-state index in [1.165, 1.54) is 18.9 Å². The van der Waals surface area contributed by atoms with Crippen molar-refractivity contribution in [1.82, 2.24) is 4.90 Å². The maximum absolute atomic E-state index is 11.8. The van der Waals surface area contributed by atoms with Gasteiger partial charge in [0.1, 0.15) is 5.69 Å². The number of rotatable bonds is 5. The van der Waals surface area contributed by atoms with Gasteiger partial charge in [-0.1, -0.05) is 12.1 Å². The van der Waals surface area contributed by atoms with Crippen LogP contribution in [0, 0.1) is 10.1 Å². The van der Waals surface area contributed by atoms with Crippen LogP contribution in [0.5, 0.6) is 0 Å². The number of para-hydroxylation sites is 2. The number of nitrogens with one attached hydrogen (secondary N) is 1. The average Bonchev–Trinajstić information content (AvgIpc) is 2.90. The highest BCUT2D eigenvalue weighted by Crippen LogP contribution is 2.23. The lowest BCUT2D eigenvalue weighted by molar-refractivity contribution is -0.383. The third kappa shape index (κ3) is 3.75. The number of carbonyl (C=O) groups is 1. The number of hydrogen-bond acceptors (Lipinski definition) is 4. The number of benzene rings is 1. The van der Waals surface area contributed by atoms with E-state index in [1.807, 2.05) is 0 Å². The molecule has 1 fully saturated rings. The summed E-state index contributed by atoms with van der Waals surface area (Å²) in [5.74, 6) is -0.179. The van der Waals surface area contributed by atoms with Crippen LogP contribution >= 0.6 is 0 Å². The van der Waals surface area contributed by atoms with E-state index in [-0.39, 0.29) is 17.3 Å². The van der Waals surface area contributed by atoms with E-state index < -0.39 is 4.92 Å². The Morgan fingerprint density at radius 1 is 1.32 bits per heavy atom. The fraction of sp³-hybridized carbons (Fsp3) is 0.462. The van der Waals surface area contributed by atoms with Crippen LogP contribution in [0.2, 0.25) is 0 Å². The van der Waals surface area contributed by atoms with Crippen molar-refractivity contribution in [1.29, 1.82) is 0 Å². The third-order valence-corrected chi connectivity index (χ3v) is 3.23. The second-order valence-corrected chi connectivity index (χ2v) is 4.62. The zero-order valence-corrected chi connectivity index (χ0v) is 10.7. The zero-order chi connectivity index (χ0) is 13.7. The van der Waals surface area contributed by atoms with Crippen LogP contribution in [0.15, 0.2) is 24.3 Å². The van der Waals surface area contributed by atoms with E-state index >= 15 is 0 Å². The Hall–Kier alpha value is -1.95. The SMILES string of the molecule is O=C(CCN1CCCC1)Nc1ccccc1[N+](=O)[O-]. The van der Waals surface area contributed by atoms with Gasteiger partial charge in [0.05, 0.1) is 4.92 Å². The second-order valence-electron chi connectivity index (χ2n) is 4.62. The van der Waals surface area contributed by atoms with Crippen molar-refractivity contribution in [3.05, 3.63) is 34.4 Å². The van der Waals surface area contributed by atoms with Gasteiger partial charge in [-0.05, 0) is 32.0 Å². The molecule has 102 valence electrons. The standard InChI is InChI=1S/C13H17N3O3/c17-13(7-10-15-8-3-4-9-15)14-11-5-1-2-6-12(11)16(18)19/h1-2,5-6H,3-4,7-10H2,(H,14,17). The molecular formula is C13H17N3O3. The Balaban J connectivity index is 1.89. The van der Waals surface area contributed by atoms with E-state index in [0.29, 0.717) is 13.0 Å². The Labute approximate surface area is 111 Å². The molecule has 0 spiro atoms. The average molecular weight is 263 g/mol. The van der Waals surface area contributed by atoms with E-state index in [9.17, 15) is 14.9 Å². The first-order chi connectivity index (χ1) is 9.16. The Kier molecular flexibility index (Phi) is 4.46. The molecule has 0 radical (unpaired) electrons. The zero-order valence-electron chi connectivity index (χ0n) is 10.7. The number of carbonyl (C=O) groups excluding carboxylic acids is 1. The predicted octanol–water partition coefficient (Wildman–Crippen LogP) is 2.02. The summed E-state index contributed by atoms with van der Waals surface area (Å²) < 4.78 is 0. The summed E-state index contributed by atoms with van der Waals surface area (Å²) in [6.45, 7) is 2.80. The molecule has 0 atom stereocenters. The van der Waals surface area contributed by atoms with Crippen LogP contribution in [-0.2, 0) is 4.79 Å². The van der Waals surface area contributed by atoms with Crippen molar-refractivity contribution in [2.75, 3.05) is 25.0 Å². The third-order valence-electron chi connectivity index (χ3n) is 3.23. The van der Waals surface area contributed by atoms with Crippen molar-refractivity contribution < 1.29 is 9.72 Å². The fourth-order valence-electron chi connectivity index (χ4n) is 2.22. The van der Waals surface area contributed by atoms with Crippen molar-refractivity contribution in [2.24, 2.45) is 0 Å². The molecule has 1 aliphatic rings. The van der Waals surface area contributed by atoms with Crippen LogP contribution < -0.4 is 5.32 Å². The van der Waals surface area contributed by atoms with Crippen LogP contribution in [0.3, 0.4) is 0 Å². The highest BCUT2D eigenvalue weighted by molar-refractivity contribution is 5.93. The monoisotopic (exact) mass is 263 g/mol. The quantitative estimate of drug-likeness (QED) is 0.651. The van der Waals surface area contributed by atoms with Crippen LogP contribution in [-0.4, -0.2) is 35.4 Å². The Morgan fingerprint density at radius 2 is 2.00 bits per heavy atom. The molecule has 2 rings (SSSR count). The van der Waals surface area contributed by atoms with E-state index in [1.54, 1.807) is 18.2 Å². The number of anilines is 1. The van der Waals surface area contributed by atoms with Crippen LogP contribution in [0.4, 0.5) is 11.4 Å². The van der Waals surface area contributed by atoms with Crippen molar-refractivity contribution >= 4 is 17.3 Å². The lowest BCUT2D eigenvalue weighted by Crippen LogP contribution is -2.25. The fourth-order valence-corrected chi connectivity index (χ4v) is 2.22. The molecule has 1 N–H and O–H groups in total. The minimum atomic E-state index is -0.490. The maximum atomic E-state index is 11.8. The van der Waals surface area contributed by atoms with E-state index in [0.717, 1.165) is 13.1 Å². The Morgan fingerprint density at radius 3 is 2.68 bits per heavy atom. The van der Waals surface area contributed by atoms with Gasteiger partial charge in [-0.2, -0.15) is 0 Å². The summed E-state index contributed by atoms with van der Waals surface area (Å²) >= 11 is 0. The van der Waals surface area contributed by atoms with Gasteiger partial charge in [0.2, 0.25) is 5.91 Å². The van der Waals surface area contributed by atoms with Gasteiger partial charge >= 0.3 is 0 Å². The number of nitrogens with zero attached hydrogens (tertiary/aromatic N) is 2. The first kappa shape index (κ1) is 13.5. The van der Waals surface area contributed by atoms with Gasteiger partial charge < -0.3 is 10.2 Å². The molecule has 0 saturated carbocycles. The van der Waals surface area contributed by atoms with Crippen molar-refractivity contribution in [3.8, 4) is 0 Å². The lowest BCUT2D eigenvalue weighted by atomic mass is 10.2. The first-order valence-corrected chi connectivity index (χ1v) is 6.42. The molecular weight excluding hydrogens is 246 g/mol. The lowest BCUT2D eigenvalue weighted by Gasteiger charge is -2.13. The highest BCUT2D eigenvalue weighted by atomic mass is 16.6. The second kappa shape index (κ2) is 6.29. The highest BCUT2D eigenvalue weighted by Gasteiger charge is 2.16. The number of amides is 1. The molecule has 1 aromatic rings. The Bertz CT molecular complexity index is 470. The largest absolute Gasteiger partial charge is 0.320 e. The molecule has 1 aromatic carbocycles. The van der Waals surface area contributed by atoms with Gasteiger partial charge in [0.15, 0.2) is 0 Å².